The Hall–Kier alpha value is -2.83. The molecule has 0 aliphatic heterocycles. The molecular formula is C17H20N4O3. The first-order valence-electron chi connectivity index (χ1n) is 7.86. The standard InChI is InChI=1S/C17H20N4O3/c1-5-19-16(22)14-15(18-10-20(14)11(2)3)21(17(19)23)12-7-6-8-13(9-12)24-4/h6-11H,5H2,1-4H3. The Labute approximate surface area is 138 Å². The monoisotopic (exact) mass is 328 g/mol. The highest BCUT2D eigenvalue weighted by Gasteiger charge is 2.19. The number of fused-ring (bicyclic) bond motifs is 1. The zero-order chi connectivity index (χ0) is 17.4. The highest BCUT2D eigenvalue weighted by Crippen LogP contribution is 2.19. The van der Waals surface area contributed by atoms with E-state index in [1.807, 2.05) is 13.8 Å². The summed E-state index contributed by atoms with van der Waals surface area (Å²) in [7, 11) is 1.57. The average molecular weight is 328 g/mol. The summed E-state index contributed by atoms with van der Waals surface area (Å²) in [5.74, 6) is 0.630. The molecule has 7 heteroatoms. The van der Waals surface area contributed by atoms with E-state index in [0.29, 0.717) is 29.1 Å². The quantitative estimate of drug-likeness (QED) is 0.734. The molecule has 0 atom stereocenters. The van der Waals surface area contributed by atoms with Gasteiger partial charge in [-0.25, -0.2) is 14.3 Å². The van der Waals surface area contributed by atoms with E-state index in [2.05, 4.69) is 4.98 Å². The van der Waals surface area contributed by atoms with E-state index in [1.165, 1.54) is 9.13 Å². The number of hydrogen-bond donors (Lipinski definition) is 0. The van der Waals surface area contributed by atoms with Crippen LogP contribution in [0.5, 0.6) is 5.75 Å². The molecule has 0 bridgehead atoms. The maximum Gasteiger partial charge on any atom is 0.337 e. The number of aromatic nitrogens is 4. The van der Waals surface area contributed by atoms with Crippen LogP contribution in [0, 0.1) is 0 Å². The molecule has 126 valence electrons. The fourth-order valence-electron chi connectivity index (χ4n) is 2.80. The molecule has 0 unspecified atom stereocenters. The van der Waals surface area contributed by atoms with Crippen LogP contribution in [0.25, 0.3) is 16.9 Å². The third kappa shape index (κ3) is 2.33. The van der Waals surface area contributed by atoms with E-state index in [1.54, 1.807) is 49.2 Å². The number of imidazole rings is 1. The van der Waals surface area contributed by atoms with Crippen molar-refractivity contribution in [1.29, 1.82) is 0 Å². The summed E-state index contributed by atoms with van der Waals surface area (Å²) < 4.78 is 9.72. The van der Waals surface area contributed by atoms with Crippen molar-refractivity contribution in [3.63, 3.8) is 0 Å². The van der Waals surface area contributed by atoms with Gasteiger partial charge in [-0.1, -0.05) is 6.07 Å². The van der Waals surface area contributed by atoms with Crippen LogP contribution in [0.3, 0.4) is 0 Å². The minimum atomic E-state index is -0.405. The third-order valence-electron chi connectivity index (χ3n) is 4.04. The molecule has 0 aliphatic carbocycles. The Morgan fingerprint density at radius 2 is 2.00 bits per heavy atom. The van der Waals surface area contributed by atoms with E-state index in [9.17, 15) is 9.59 Å². The van der Waals surface area contributed by atoms with E-state index in [4.69, 9.17) is 4.74 Å². The van der Waals surface area contributed by atoms with Crippen LogP contribution in [0.15, 0.2) is 40.2 Å². The smallest absolute Gasteiger partial charge is 0.337 e. The lowest BCUT2D eigenvalue weighted by molar-refractivity contribution is 0.414. The molecule has 7 nitrogen and oxygen atoms in total. The van der Waals surface area contributed by atoms with Gasteiger partial charge in [0.25, 0.3) is 5.56 Å². The highest BCUT2D eigenvalue weighted by molar-refractivity contribution is 5.72. The molecule has 2 aromatic heterocycles. The number of hydrogen-bond acceptors (Lipinski definition) is 4. The minimum Gasteiger partial charge on any atom is -0.497 e. The molecule has 0 amide bonds. The minimum absolute atomic E-state index is 0.0595. The van der Waals surface area contributed by atoms with E-state index >= 15 is 0 Å². The van der Waals surface area contributed by atoms with Crippen molar-refractivity contribution in [3.05, 3.63) is 51.4 Å². The van der Waals surface area contributed by atoms with Gasteiger partial charge in [-0.05, 0) is 32.9 Å². The molecule has 0 fully saturated rings. The Balaban J connectivity index is 2.47. The molecule has 0 spiro atoms. The summed E-state index contributed by atoms with van der Waals surface area (Å²) in [6, 6.07) is 7.20. The van der Waals surface area contributed by atoms with Gasteiger partial charge in [0.05, 0.1) is 19.1 Å². The van der Waals surface area contributed by atoms with Crippen LogP contribution in [-0.4, -0.2) is 25.8 Å². The SMILES string of the molecule is CCn1c(=O)c2c(ncn2C(C)C)n(-c2cccc(OC)c2)c1=O. The first kappa shape index (κ1) is 16.0. The second-order valence-corrected chi connectivity index (χ2v) is 5.79. The molecular weight excluding hydrogens is 308 g/mol. The average Bonchev–Trinajstić information content (AvgIpc) is 3.01. The van der Waals surface area contributed by atoms with E-state index < -0.39 is 5.69 Å². The van der Waals surface area contributed by atoms with Gasteiger partial charge in [0.1, 0.15) is 5.75 Å². The fourth-order valence-corrected chi connectivity index (χ4v) is 2.80. The lowest BCUT2D eigenvalue weighted by atomic mass is 10.3. The number of ether oxygens (including phenoxy) is 1. The first-order chi connectivity index (χ1) is 11.5. The second kappa shape index (κ2) is 5.99. The molecule has 3 rings (SSSR count). The van der Waals surface area contributed by atoms with Gasteiger partial charge >= 0.3 is 5.69 Å². The zero-order valence-electron chi connectivity index (χ0n) is 14.2. The van der Waals surface area contributed by atoms with Gasteiger partial charge < -0.3 is 9.30 Å². The van der Waals surface area contributed by atoms with Crippen LogP contribution in [0.4, 0.5) is 0 Å². The molecule has 0 N–H and O–H groups in total. The number of methoxy groups -OCH3 is 1. The molecule has 0 radical (unpaired) electrons. The Morgan fingerprint density at radius 1 is 1.25 bits per heavy atom. The number of rotatable bonds is 4. The molecule has 3 aromatic rings. The largest absolute Gasteiger partial charge is 0.497 e. The molecule has 2 heterocycles. The summed E-state index contributed by atoms with van der Waals surface area (Å²) in [6.45, 7) is 6.01. The van der Waals surface area contributed by atoms with Crippen molar-refractivity contribution in [1.82, 2.24) is 18.7 Å². The van der Waals surface area contributed by atoms with Crippen LogP contribution < -0.4 is 16.0 Å². The summed E-state index contributed by atoms with van der Waals surface area (Å²) >= 11 is 0. The van der Waals surface area contributed by atoms with Crippen molar-refractivity contribution in [2.75, 3.05) is 7.11 Å². The molecule has 0 saturated heterocycles. The van der Waals surface area contributed by atoms with E-state index in [0.717, 1.165) is 0 Å². The van der Waals surface area contributed by atoms with Crippen molar-refractivity contribution in [2.24, 2.45) is 0 Å². The van der Waals surface area contributed by atoms with Crippen LogP contribution >= 0.6 is 0 Å². The summed E-state index contributed by atoms with van der Waals surface area (Å²) in [6.07, 6.45) is 1.60. The number of benzene rings is 1. The van der Waals surface area contributed by atoms with Crippen LogP contribution in [0.2, 0.25) is 0 Å². The van der Waals surface area contributed by atoms with Gasteiger partial charge in [0, 0.05) is 18.7 Å². The van der Waals surface area contributed by atoms with Crippen molar-refractivity contribution in [3.8, 4) is 11.4 Å². The predicted molar refractivity (Wildman–Crippen MR) is 92.2 cm³/mol. The zero-order valence-corrected chi connectivity index (χ0v) is 14.2. The van der Waals surface area contributed by atoms with Gasteiger partial charge in [-0.3, -0.25) is 9.36 Å². The highest BCUT2D eigenvalue weighted by atomic mass is 16.5. The van der Waals surface area contributed by atoms with Crippen molar-refractivity contribution >= 4 is 11.2 Å². The predicted octanol–water partition coefficient (Wildman–Crippen LogP) is 1.96. The lowest BCUT2D eigenvalue weighted by Crippen LogP contribution is -2.39. The van der Waals surface area contributed by atoms with Gasteiger partial charge in [0.15, 0.2) is 11.2 Å². The Kier molecular flexibility index (Phi) is 4.01. The normalized spacial score (nSPS) is 11.4. The lowest BCUT2D eigenvalue weighted by Gasteiger charge is -2.13. The maximum atomic E-state index is 12.8. The second-order valence-electron chi connectivity index (χ2n) is 5.79. The summed E-state index contributed by atoms with van der Waals surface area (Å²) in [5, 5.41) is 0. The van der Waals surface area contributed by atoms with Crippen molar-refractivity contribution in [2.45, 2.75) is 33.4 Å². The Morgan fingerprint density at radius 3 is 2.62 bits per heavy atom. The molecule has 1 aromatic carbocycles. The molecule has 0 aliphatic rings. The van der Waals surface area contributed by atoms with Gasteiger partial charge in [-0.2, -0.15) is 0 Å². The third-order valence-corrected chi connectivity index (χ3v) is 4.04. The van der Waals surface area contributed by atoms with Crippen LogP contribution in [0.1, 0.15) is 26.8 Å². The van der Waals surface area contributed by atoms with Gasteiger partial charge in [-0.15, -0.1) is 0 Å². The summed E-state index contributed by atoms with van der Waals surface area (Å²) in [5.41, 5.74) is 0.673. The summed E-state index contributed by atoms with van der Waals surface area (Å²) in [4.78, 5) is 29.9. The van der Waals surface area contributed by atoms with E-state index in [-0.39, 0.29) is 11.6 Å². The maximum absolute atomic E-state index is 12.8. The topological polar surface area (TPSA) is 71.1 Å². The number of nitrogens with zero attached hydrogens (tertiary/aromatic N) is 4. The molecule has 24 heavy (non-hydrogen) atoms. The van der Waals surface area contributed by atoms with Crippen molar-refractivity contribution < 1.29 is 4.74 Å². The van der Waals surface area contributed by atoms with Crippen LogP contribution in [-0.2, 0) is 6.54 Å². The first-order valence-corrected chi connectivity index (χ1v) is 7.86. The van der Waals surface area contributed by atoms with Gasteiger partial charge in [0.2, 0.25) is 0 Å². The fraction of sp³-hybridized carbons (Fsp3) is 0.353. The Bertz CT molecular complexity index is 1010. The molecule has 0 saturated carbocycles.